The van der Waals surface area contributed by atoms with Crippen LogP contribution in [0.3, 0.4) is 0 Å². The molecule has 0 atom stereocenters. The van der Waals surface area contributed by atoms with Gasteiger partial charge in [-0.1, -0.05) is 247 Å². The van der Waals surface area contributed by atoms with Crippen molar-refractivity contribution in [2.24, 2.45) is 0 Å². The fraction of sp³-hybridized carbons (Fsp3) is 0.0306. The number of hydrogen-bond donors (Lipinski definition) is 0. The van der Waals surface area contributed by atoms with Crippen molar-refractivity contribution >= 4 is 65.4 Å². The van der Waals surface area contributed by atoms with Crippen molar-refractivity contribution in [2.45, 2.75) is 20.8 Å². The summed E-state index contributed by atoms with van der Waals surface area (Å²) in [5.41, 5.74) is 29.8. The summed E-state index contributed by atoms with van der Waals surface area (Å²) in [7, 11) is 0. The number of benzene rings is 14. The molecule has 488 valence electrons. The fourth-order valence-corrected chi connectivity index (χ4v) is 16.1. The lowest BCUT2D eigenvalue weighted by Crippen LogP contribution is -2.04. The third kappa shape index (κ3) is 10.4. The van der Waals surface area contributed by atoms with Crippen molar-refractivity contribution in [1.82, 2.24) is 23.7 Å². The van der Waals surface area contributed by atoms with E-state index in [9.17, 15) is 5.26 Å². The van der Waals surface area contributed by atoms with Crippen LogP contribution in [0.2, 0.25) is 0 Å². The third-order valence-electron chi connectivity index (χ3n) is 20.8. The Balaban J connectivity index is 0.978. The first kappa shape index (κ1) is 61.4. The van der Waals surface area contributed by atoms with E-state index >= 15 is 0 Å². The first-order chi connectivity index (χ1) is 51.3. The van der Waals surface area contributed by atoms with Gasteiger partial charge in [-0.15, -0.1) is 0 Å². The van der Waals surface area contributed by atoms with Crippen LogP contribution >= 0.6 is 0 Å². The second-order valence-electron chi connectivity index (χ2n) is 27.3. The van der Waals surface area contributed by atoms with Gasteiger partial charge < -0.3 is 13.7 Å². The Morgan fingerprint density at radius 3 is 0.788 bits per heavy atom. The van der Waals surface area contributed by atoms with E-state index in [1.807, 2.05) is 12.1 Å². The van der Waals surface area contributed by atoms with E-state index in [0.29, 0.717) is 5.56 Å². The van der Waals surface area contributed by atoms with Gasteiger partial charge in [0.15, 0.2) is 0 Å². The quantitative estimate of drug-likeness (QED) is 0.122. The summed E-state index contributed by atoms with van der Waals surface area (Å²) in [6, 6.07) is 127. The molecule has 19 aromatic rings. The number of rotatable bonds is 12. The SMILES string of the molecule is Cc1ccc2c(c1)c1ccccc1n2-c1ccc(-c2c(C#N)c(-c3cc(-c4ccccc4)nc(-c4ccccc4)c3)c(-c3cc(-c4ccccc4)nc(-c4ccccc4)c3)c(-c3ccc(-n4c5ccccc5c5cc(C)ccc54)cc3)c2-c2ccc(-n3c4ccccc4c4cc(C)ccc43)cc2)cc1. The first-order valence-electron chi connectivity index (χ1n) is 35.5. The smallest absolute Gasteiger partial charge is 0.100 e. The average Bonchev–Trinajstić information content (AvgIpc) is 0.954. The molecule has 14 aromatic carbocycles. The van der Waals surface area contributed by atoms with Crippen molar-refractivity contribution in [2.75, 3.05) is 0 Å². The van der Waals surface area contributed by atoms with E-state index in [2.05, 4.69) is 374 Å². The van der Waals surface area contributed by atoms with Crippen molar-refractivity contribution in [3.63, 3.8) is 0 Å². The molecule has 104 heavy (non-hydrogen) atoms. The van der Waals surface area contributed by atoms with Crippen molar-refractivity contribution in [3.05, 3.63) is 368 Å². The summed E-state index contributed by atoms with van der Waals surface area (Å²) in [6.07, 6.45) is 0. The number of hydrogen-bond acceptors (Lipinski definition) is 3. The van der Waals surface area contributed by atoms with Crippen molar-refractivity contribution in [1.29, 1.82) is 5.26 Å². The highest BCUT2D eigenvalue weighted by Gasteiger charge is 2.31. The van der Waals surface area contributed by atoms with E-state index in [1.165, 1.54) is 49.0 Å². The molecule has 0 fully saturated rings. The zero-order valence-corrected chi connectivity index (χ0v) is 57.6. The van der Waals surface area contributed by atoms with Gasteiger partial charge >= 0.3 is 0 Å². The Bertz CT molecular complexity index is 6520. The highest BCUT2D eigenvalue weighted by Crippen LogP contribution is 2.55. The second kappa shape index (κ2) is 25.2. The van der Waals surface area contributed by atoms with Crippen LogP contribution in [-0.4, -0.2) is 23.7 Å². The van der Waals surface area contributed by atoms with E-state index < -0.39 is 0 Å². The van der Waals surface area contributed by atoms with Crippen LogP contribution in [0.15, 0.2) is 346 Å². The molecule has 0 N–H and O–H groups in total. The zero-order valence-electron chi connectivity index (χ0n) is 57.6. The number of aryl methyl sites for hydroxylation is 3. The maximum Gasteiger partial charge on any atom is 0.100 e. The molecule has 0 spiro atoms. The average molecular weight is 1330 g/mol. The molecule has 0 radical (unpaired) electrons. The van der Waals surface area contributed by atoms with Crippen molar-refractivity contribution in [3.8, 4) is 124 Å². The molecule has 6 heteroatoms. The molecule has 5 heterocycles. The first-order valence-corrected chi connectivity index (χ1v) is 35.5. The molecule has 0 amide bonds. The summed E-state index contributed by atoms with van der Waals surface area (Å²) in [5, 5.41) is 20.3. The lowest BCUT2D eigenvalue weighted by atomic mass is 9.75. The van der Waals surface area contributed by atoms with Gasteiger partial charge in [0, 0.05) is 82.8 Å². The molecule has 0 aliphatic rings. The lowest BCUT2D eigenvalue weighted by molar-refractivity contribution is 1.18. The van der Waals surface area contributed by atoms with Crippen LogP contribution < -0.4 is 0 Å². The van der Waals surface area contributed by atoms with Crippen LogP contribution in [0, 0.1) is 32.1 Å². The number of fused-ring (bicyclic) bond motifs is 9. The van der Waals surface area contributed by atoms with Gasteiger partial charge in [-0.3, -0.25) is 0 Å². The Morgan fingerprint density at radius 2 is 0.471 bits per heavy atom. The highest BCUT2D eigenvalue weighted by molar-refractivity contribution is 6.14. The Morgan fingerprint density at radius 1 is 0.221 bits per heavy atom. The van der Waals surface area contributed by atoms with Crippen LogP contribution in [0.1, 0.15) is 22.3 Å². The van der Waals surface area contributed by atoms with Crippen molar-refractivity contribution < 1.29 is 0 Å². The molecule has 0 saturated heterocycles. The summed E-state index contributed by atoms with van der Waals surface area (Å²) in [6.45, 7) is 6.49. The summed E-state index contributed by atoms with van der Waals surface area (Å²) < 4.78 is 7.16. The maximum atomic E-state index is 13.1. The van der Waals surface area contributed by atoms with Gasteiger partial charge in [-0.2, -0.15) is 5.26 Å². The summed E-state index contributed by atoms with van der Waals surface area (Å²) in [5.74, 6) is 0. The van der Waals surface area contributed by atoms with Gasteiger partial charge in [-0.25, -0.2) is 9.97 Å². The minimum absolute atomic E-state index is 0.515. The van der Waals surface area contributed by atoms with E-state index in [4.69, 9.17) is 9.97 Å². The van der Waals surface area contributed by atoms with E-state index in [-0.39, 0.29) is 0 Å². The lowest BCUT2D eigenvalue weighted by Gasteiger charge is -2.27. The Hall–Kier alpha value is -13.7. The summed E-state index contributed by atoms with van der Waals surface area (Å²) >= 11 is 0. The molecule has 0 unspecified atom stereocenters. The predicted molar refractivity (Wildman–Crippen MR) is 433 cm³/mol. The molecule has 0 aliphatic carbocycles. The molecular weight excluding hydrogens is 1260 g/mol. The monoisotopic (exact) mass is 1330 g/mol. The van der Waals surface area contributed by atoms with Crippen LogP contribution in [0.25, 0.3) is 183 Å². The number of pyridine rings is 2. The van der Waals surface area contributed by atoms with Gasteiger partial charge in [0.2, 0.25) is 0 Å². The standard InChI is InChI=1S/C98H66N6/c1-62-36-51-91-80(54-62)77-30-16-19-33-88(77)102(91)74-45-39-69(40-46-74)94-83(61-99)95(72-57-84(65-22-8-4-9-23-65)100-85(58-72)66-24-10-5-11-25-66)98(73-59-86(67-26-12-6-13-27-67)101-87(60-73)68-28-14-7-15-29-68)97(71-43-49-76(50-44-71)104-90-35-21-18-32-79(90)82-56-64(3)38-53-93(82)104)96(94)70-41-47-75(48-42-70)103-89-34-20-17-31-78(89)81-55-63(2)37-52-92(81)103/h4-60H,1-3H3. The molecule has 0 aliphatic heterocycles. The Kier molecular flexibility index (Phi) is 14.8. The van der Waals surface area contributed by atoms with Crippen LogP contribution in [0.5, 0.6) is 0 Å². The third-order valence-corrected chi connectivity index (χ3v) is 20.8. The summed E-state index contributed by atoms with van der Waals surface area (Å²) in [4.78, 5) is 11.1. The molecule has 0 bridgehead atoms. The van der Waals surface area contributed by atoms with Gasteiger partial charge in [0.05, 0.1) is 61.4 Å². The largest absolute Gasteiger partial charge is 0.309 e. The van der Waals surface area contributed by atoms with Gasteiger partial charge in [-0.05, 0) is 181 Å². The van der Waals surface area contributed by atoms with Crippen LogP contribution in [-0.2, 0) is 0 Å². The van der Waals surface area contributed by atoms with E-state index in [1.54, 1.807) is 0 Å². The number of aromatic nitrogens is 5. The fourth-order valence-electron chi connectivity index (χ4n) is 16.1. The zero-order chi connectivity index (χ0) is 69.5. The van der Waals surface area contributed by atoms with Gasteiger partial charge in [0.25, 0.3) is 0 Å². The van der Waals surface area contributed by atoms with Crippen LogP contribution in [0.4, 0.5) is 0 Å². The highest BCUT2D eigenvalue weighted by atomic mass is 15.0. The number of para-hydroxylation sites is 3. The molecule has 5 aromatic heterocycles. The minimum atomic E-state index is 0.515. The number of nitriles is 1. The molecular formula is C98H66N6. The topological polar surface area (TPSA) is 64.4 Å². The predicted octanol–water partition coefficient (Wildman–Crippen LogP) is 25.6. The normalized spacial score (nSPS) is 11.6. The maximum absolute atomic E-state index is 13.1. The number of nitrogens with zero attached hydrogens (tertiary/aromatic N) is 6. The second-order valence-corrected chi connectivity index (χ2v) is 27.3. The van der Waals surface area contributed by atoms with E-state index in [0.717, 1.165) is 151 Å². The van der Waals surface area contributed by atoms with Gasteiger partial charge in [0.1, 0.15) is 6.07 Å². The Labute approximate surface area is 603 Å². The minimum Gasteiger partial charge on any atom is -0.309 e. The molecule has 19 rings (SSSR count). The molecule has 6 nitrogen and oxygen atoms in total. The molecule has 0 saturated carbocycles.